The van der Waals surface area contributed by atoms with E-state index in [-0.39, 0.29) is 0 Å². The topological polar surface area (TPSA) is 33.3 Å². The fraction of sp³-hybridized carbons (Fsp3) is 0.400. The van der Waals surface area contributed by atoms with Crippen LogP contribution in [-0.2, 0) is 6.42 Å². The molecule has 2 rings (SSSR count). The van der Waals surface area contributed by atoms with Gasteiger partial charge in [-0.05, 0) is 30.2 Å². The highest BCUT2D eigenvalue weighted by Gasteiger charge is 2.06. The Morgan fingerprint density at radius 3 is 3.15 bits per heavy atom. The number of hydrogen-bond donors (Lipinski definition) is 2. The highest BCUT2D eigenvalue weighted by Crippen LogP contribution is 2.22. The first-order valence-electron chi connectivity index (χ1n) is 4.51. The fourth-order valence-electron chi connectivity index (χ4n) is 1.55. The number of methoxy groups -OCH3 is 1. The Bertz CT molecular complexity index is 299. The summed E-state index contributed by atoms with van der Waals surface area (Å²) in [5, 5.41) is 6.59. The summed E-state index contributed by atoms with van der Waals surface area (Å²) in [4.78, 5) is 0. The number of rotatable bonds is 1. The Morgan fingerprint density at radius 2 is 2.31 bits per heavy atom. The van der Waals surface area contributed by atoms with E-state index in [1.54, 1.807) is 7.11 Å². The molecule has 1 aliphatic rings. The molecule has 1 aromatic carbocycles. The molecule has 0 spiro atoms. The fourth-order valence-corrected chi connectivity index (χ4v) is 1.55. The van der Waals surface area contributed by atoms with Crippen molar-refractivity contribution >= 4 is 5.69 Å². The zero-order chi connectivity index (χ0) is 9.10. The van der Waals surface area contributed by atoms with Crippen LogP contribution in [0.1, 0.15) is 5.56 Å². The third-order valence-electron chi connectivity index (χ3n) is 2.29. The minimum absolute atomic E-state index is 0.847. The quantitative estimate of drug-likeness (QED) is 0.678. The van der Waals surface area contributed by atoms with Crippen LogP contribution in [0.2, 0.25) is 0 Å². The van der Waals surface area contributed by atoms with E-state index >= 15 is 0 Å². The first-order valence-corrected chi connectivity index (χ1v) is 4.51. The van der Waals surface area contributed by atoms with Crippen molar-refractivity contribution in [2.24, 2.45) is 0 Å². The third-order valence-corrected chi connectivity index (χ3v) is 2.29. The summed E-state index contributed by atoms with van der Waals surface area (Å²) < 4.78 is 5.17. The molecule has 0 atom stereocenters. The Balaban J connectivity index is 2.32. The number of nitrogens with one attached hydrogen (secondary N) is 2. The summed E-state index contributed by atoms with van der Waals surface area (Å²) in [5.74, 6) is 0.933. The number of anilines is 1. The highest BCUT2D eigenvalue weighted by molar-refractivity contribution is 5.54. The van der Waals surface area contributed by atoms with E-state index in [9.17, 15) is 0 Å². The highest BCUT2D eigenvalue weighted by atomic mass is 16.5. The molecular formula is C10H14N2O. The van der Waals surface area contributed by atoms with Gasteiger partial charge in [0, 0.05) is 12.2 Å². The lowest BCUT2D eigenvalue weighted by atomic mass is 10.1. The van der Waals surface area contributed by atoms with Crippen LogP contribution < -0.4 is 15.4 Å². The van der Waals surface area contributed by atoms with Crippen molar-refractivity contribution in [3.05, 3.63) is 23.8 Å². The molecule has 3 nitrogen and oxygen atoms in total. The Hall–Kier alpha value is -1.22. The van der Waals surface area contributed by atoms with Crippen molar-refractivity contribution in [1.29, 1.82) is 0 Å². The van der Waals surface area contributed by atoms with Gasteiger partial charge in [0.2, 0.25) is 0 Å². The second kappa shape index (κ2) is 3.66. The summed E-state index contributed by atoms with van der Waals surface area (Å²) in [5.41, 5.74) is 2.54. The van der Waals surface area contributed by atoms with Crippen LogP contribution in [0, 0.1) is 0 Å². The molecule has 0 bridgehead atoms. The monoisotopic (exact) mass is 178 g/mol. The number of fused-ring (bicyclic) bond motifs is 1. The standard InChI is InChI=1S/C10H14N2O/c1-13-9-2-3-10-8(6-9)4-5-11-7-12-10/h2-3,6,11-12H,4-5,7H2,1H3. The van der Waals surface area contributed by atoms with E-state index in [1.165, 1.54) is 11.3 Å². The van der Waals surface area contributed by atoms with E-state index < -0.39 is 0 Å². The van der Waals surface area contributed by atoms with E-state index in [0.29, 0.717) is 0 Å². The number of hydrogen-bond acceptors (Lipinski definition) is 3. The molecule has 13 heavy (non-hydrogen) atoms. The van der Waals surface area contributed by atoms with E-state index in [0.717, 1.165) is 25.4 Å². The van der Waals surface area contributed by atoms with Crippen molar-refractivity contribution in [2.45, 2.75) is 6.42 Å². The third kappa shape index (κ3) is 1.75. The molecule has 0 saturated carbocycles. The molecule has 0 radical (unpaired) electrons. The molecule has 3 heteroatoms. The Labute approximate surface area is 78.1 Å². The lowest BCUT2D eigenvalue weighted by molar-refractivity contribution is 0.414. The molecule has 0 fully saturated rings. The summed E-state index contributed by atoms with van der Waals surface area (Å²) in [7, 11) is 1.70. The van der Waals surface area contributed by atoms with Crippen LogP contribution in [0.25, 0.3) is 0 Å². The molecule has 0 amide bonds. The molecule has 0 saturated heterocycles. The van der Waals surface area contributed by atoms with Gasteiger partial charge in [0.15, 0.2) is 0 Å². The van der Waals surface area contributed by atoms with Crippen LogP contribution in [0.3, 0.4) is 0 Å². The molecule has 2 N–H and O–H groups in total. The van der Waals surface area contributed by atoms with Crippen LogP contribution >= 0.6 is 0 Å². The predicted molar refractivity (Wildman–Crippen MR) is 53.2 cm³/mol. The first-order chi connectivity index (χ1) is 6.40. The predicted octanol–water partition coefficient (Wildman–Crippen LogP) is 1.21. The average molecular weight is 178 g/mol. The van der Waals surface area contributed by atoms with Crippen molar-refractivity contribution < 1.29 is 4.74 Å². The van der Waals surface area contributed by atoms with Gasteiger partial charge in [-0.3, -0.25) is 5.32 Å². The molecule has 1 aromatic rings. The lowest BCUT2D eigenvalue weighted by Crippen LogP contribution is -2.20. The normalized spacial score (nSPS) is 15.5. The van der Waals surface area contributed by atoms with Gasteiger partial charge in [-0.2, -0.15) is 0 Å². The van der Waals surface area contributed by atoms with Gasteiger partial charge in [-0.15, -0.1) is 0 Å². The summed E-state index contributed by atoms with van der Waals surface area (Å²) >= 11 is 0. The van der Waals surface area contributed by atoms with Crippen LogP contribution in [-0.4, -0.2) is 20.3 Å². The molecule has 0 unspecified atom stereocenters. The van der Waals surface area contributed by atoms with Gasteiger partial charge in [0.1, 0.15) is 5.75 Å². The second-order valence-electron chi connectivity index (χ2n) is 3.13. The maximum atomic E-state index is 5.17. The van der Waals surface area contributed by atoms with Crippen LogP contribution in [0.15, 0.2) is 18.2 Å². The molecule has 0 aliphatic carbocycles. The van der Waals surface area contributed by atoms with Gasteiger partial charge in [0.05, 0.1) is 13.8 Å². The average Bonchev–Trinajstić information content (AvgIpc) is 2.41. The molecular weight excluding hydrogens is 164 g/mol. The van der Waals surface area contributed by atoms with Crippen molar-refractivity contribution in [1.82, 2.24) is 5.32 Å². The van der Waals surface area contributed by atoms with Crippen LogP contribution in [0.5, 0.6) is 5.75 Å². The van der Waals surface area contributed by atoms with Gasteiger partial charge in [-0.1, -0.05) is 0 Å². The molecule has 1 heterocycles. The van der Waals surface area contributed by atoms with Crippen LogP contribution in [0.4, 0.5) is 5.69 Å². The zero-order valence-electron chi connectivity index (χ0n) is 7.76. The van der Waals surface area contributed by atoms with Gasteiger partial charge < -0.3 is 10.1 Å². The summed E-state index contributed by atoms with van der Waals surface area (Å²) in [6.45, 7) is 1.87. The minimum Gasteiger partial charge on any atom is -0.497 e. The number of benzene rings is 1. The van der Waals surface area contributed by atoms with Crippen molar-refractivity contribution in [3.8, 4) is 5.75 Å². The maximum absolute atomic E-state index is 5.17. The minimum atomic E-state index is 0.847. The molecule has 70 valence electrons. The smallest absolute Gasteiger partial charge is 0.119 e. The Morgan fingerprint density at radius 1 is 1.38 bits per heavy atom. The molecule has 1 aliphatic heterocycles. The molecule has 0 aromatic heterocycles. The summed E-state index contributed by atoms with van der Waals surface area (Å²) in [6.07, 6.45) is 1.06. The first kappa shape index (κ1) is 8.38. The SMILES string of the molecule is COc1ccc2c(c1)CCNCN2. The largest absolute Gasteiger partial charge is 0.497 e. The van der Waals surface area contributed by atoms with E-state index in [1.807, 2.05) is 6.07 Å². The lowest BCUT2D eigenvalue weighted by Gasteiger charge is -2.08. The van der Waals surface area contributed by atoms with E-state index in [4.69, 9.17) is 4.74 Å². The zero-order valence-corrected chi connectivity index (χ0v) is 7.76. The number of ether oxygens (including phenoxy) is 1. The van der Waals surface area contributed by atoms with Crippen molar-refractivity contribution in [2.75, 3.05) is 25.6 Å². The van der Waals surface area contributed by atoms with Crippen molar-refractivity contribution in [3.63, 3.8) is 0 Å². The van der Waals surface area contributed by atoms with Gasteiger partial charge >= 0.3 is 0 Å². The van der Waals surface area contributed by atoms with Gasteiger partial charge in [0.25, 0.3) is 0 Å². The Kier molecular flexibility index (Phi) is 2.36. The second-order valence-corrected chi connectivity index (χ2v) is 3.13. The maximum Gasteiger partial charge on any atom is 0.119 e. The van der Waals surface area contributed by atoms with E-state index in [2.05, 4.69) is 22.8 Å². The summed E-state index contributed by atoms with van der Waals surface area (Å²) in [6, 6.07) is 6.15. The van der Waals surface area contributed by atoms with Gasteiger partial charge in [-0.25, -0.2) is 0 Å².